The minimum absolute atomic E-state index is 0.0268. The Morgan fingerprint density at radius 3 is 2.30 bits per heavy atom. The Morgan fingerprint density at radius 1 is 1.00 bits per heavy atom. The summed E-state index contributed by atoms with van der Waals surface area (Å²) in [6.45, 7) is 5.31. The largest absolute Gasteiger partial charge is 0.510 e. The van der Waals surface area contributed by atoms with E-state index in [1.165, 1.54) is 4.90 Å². The number of hydrogen-bond acceptors (Lipinski definition) is 11. The van der Waals surface area contributed by atoms with Gasteiger partial charge >= 0.3 is 12.1 Å². The molecule has 2 aromatic rings. The molecular formula is C31H44N6O9. The number of nitrogens with two attached hydrogens (primary N) is 2. The molecule has 0 aromatic heterocycles. The molecule has 0 aliphatic heterocycles. The van der Waals surface area contributed by atoms with Gasteiger partial charge in [-0.05, 0) is 48.3 Å². The van der Waals surface area contributed by atoms with Gasteiger partial charge in [0.05, 0.1) is 13.2 Å². The molecule has 0 heterocycles. The molecule has 0 aliphatic rings. The number of benzene rings is 2. The number of amidine groups is 1. The van der Waals surface area contributed by atoms with E-state index < -0.39 is 30.0 Å². The van der Waals surface area contributed by atoms with Gasteiger partial charge in [-0.3, -0.25) is 4.79 Å². The van der Waals surface area contributed by atoms with Crippen LogP contribution in [-0.2, 0) is 30.4 Å². The number of aliphatic carboxylic acids is 1. The van der Waals surface area contributed by atoms with Crippen LogP contribution in [0.15, 0.2) is 53.6 Å². The third-order valence-electron chi connectivity index (χ3n) is 6.86. The fourth-order valence-electron chi connectivity index (χ4n) is 4.59. The highest BCUT2D eigenvalue weighted by molar-refractivity contribution is 6.03. The third kappa shape index (κ3) is 12.6. The molecule has 252 valence electrons. The van der Waals surface area contributed by atoms with E-state index in [1.807, 2.05) is 43.3 Å². The molecule has 2 rings (SSSR count). The van der Waals surface area contributed by atoms with E-state index in [4.69, 9.17) is 21.1 Å². The van der Waals surface area contributed by atoms with Crippen LogP contribution in [0.2, 0.25) is 0 Å². The molecular weight excluding hydrogens is 600 g/mol. The van der Waals surface area contributed by atoms with Crippen LogP contribution in [0.25, 0.3) is 11.1 Å². The molecule has 0 spiro atoms. The molecule has 1 atom stereocenters. The zero-order valence-corrected chi connectivity index (χ0v) is 26.5. The Balaban J connectivity index is 2.05. The van der Waals surface area contributed by atoms with E-state index in [9.17, 15) is 29.6 Å². The minimum Gasteiger partial charge on any atom is -0.480 e. The zero-order chi connectivity index (χ0) is 34.1. The fraction of sp³-hybridized carbons (Fsp3) is 0.484. The number of amides is 1. The Labute approximate surface area is 268 Å². The lowest BCUT2D eigenvalue weighted by atomic mass is 9.97. The molecule has 0 radical (unpaired) electrons. The van der Waals surface area contributed by atoms with Crippen molar-refractivity contribution in [2.45, 2.75) is 71.9 Å². The predicted octanol–water partition coefficient (Wildman–Crippen LogP) is 4.27. The van der Waals surface area contributed by atoms with Gasteiger partial charge in [0.25, 0.3) is 5.09 Å². The summed E-state index contributed by atoms with van der Waals surface area (Å²) in [6, 6.07) is 13.7. The van der Waals surface area contributed by atoms with E-state index in [-0.39, 0.29) is 43.8 Å². The summed E-state index contributed by atoms with van der Waals surface area (Å²) in [5.74, 6) is 4.43. The Hall–Kier alpha value is -4.92. The molecule has 0 saturated heterocycles. The average Bonchev–Trinajstić information content (AvgIpc) is 3.01. The van der Waals surface area contributed by atoms with Crippen molar-refractivity contribution in [2.75, 3.05) is 19.9 Å². The average molecular weight is 645 g/mol. The topological polar surface area (TPSA) is 213 Å². The van der Waals surface area contributed by atoms with Crippen molar-refractivity contribution in [3.63, 3.8) is 0 Å². The van der Waals surface area contributed by atoms with Crippen molar-refractivity contribution in [3.8, 4) is 11.1 Å². The molecule has 1 amide bonds. The van der Waals surface area contributed by atoms with E-state index in [0.717, 1.165) is 28.2 Å². The van der Waals surface area contributed by atoms with Crippen molar-refractivity contribution in [1.82, 2.24) is 10.0 Å². The third-order valence-corrected chi connectivity index (χ3v) is 6.86. The van der Waals surface area contributed by atoms with Crippen LogP contribution in [0.3, 0.4) is 0 Å². The Kier molecular flexibility index (Phi) is 15.8. The van der Waals surface area contributed by atoms with Crippen LogP contribution in [0, 0.1) is 16.0 Å². The number of hydrogen-bond donors (Lipinski definition) is 3. The van der Waals surface area contributed by atoms with Gasteiger partial charge in [0.15, 0.2) is 12.6 Å². The number of hydrazine groups is 1. The molecule has 1 unspecified atom stereocenters. The molecule has 15 nitrogen and oxygen atoms in total. The Morgan fingerprint density at radius 2 is 1.67 bits per heavy atom. The fourth-order valence-corrected chi connectivity index (χ4v) is 4.59. The SMILES string of the molecule is CCCCC(=O)N(Cc1ccc(-c2ccccc2/C(N)=N/N(N)COC(=O)OCCCCCO[N+](=O)[O-])cc1)C(C(=O)O)C(C)C. The van der Waals surface area contributed by atoms with Gasteiger partial charge in [-0.25, -0.2) is 15.4 Å². The summed E-state index contributed by atoms with van der Waals surface area (Å²) in [7, 11) is 0. The zero-order valence-electron chi connectivity index (χ0n) is 26.5. The summed E-state index contributed by atoms with van der Waals surface area (Å²) in [5.41, 5.74) is 9.15. The predicted molar refractivity (Wildman–Crippen MR) is 169 cm³/mol. The first kappa shape index (κ1) is 37.3. The Bertz CT molecular complexity index is 1320. The van der Waals surface area contributed by atoms with Gasteiger partial charge in [0, 0.05) is 18.5 Å². The second-order valence-corrected chi connectivity index (χ2v) is 10.8. The lowest BCUT2D eigenvalue weighted by Crippen LogP contribution is -2.47. The second-order valence-electron chi connectivity index (χ2n) is 10.8. The van der Waals surface area contributed by atoms with Crippen molar-refractivity contribution in [2.24, 2.45) is 22.6 Å². The first-order valence-electron chi connectivity index (χ1n) is 15.1. The van der Waals surface area contributed by atoms with Crippen molar-refractivity contribution in [3.05, 3.63) is 69.8 Å². The van der Waals surface area contributed by atoms with Gasteiger partial charge in [0.2, 0.25) is 5.91 Å². The first-order valence-corrected chi connectivity index (χ1v) is 15.1. The van der Waals surface area contributed by atoms with Crippen LogP contribution in [0.1, 0.15) is 70.4 Å². The highest BCUT2D eigenvalue weighted by atomic mass is 16.9. The quantitative estimate of drug-likeness (QED) is 0.0269. The maximum absolute atomic E-state index is 13.0. The maximum atomic E-state index is 13.0. The molecule has 0 saturated carbocycles. The summed E-state index contributed by atoms with van der Waals surface area (Å²) in [4.78, 5) is 52.7. The van der Waals surface area contributed by atoms with E-state index in [2.05, 4.69) is 9.94 Å². The van der Waals surface area contributed by atoms with Gasteiger partial charge in [-0.15, -0.1) is 15.2 Å². The molecule has 2 aromatic carbocycles. The van der Waals surface area contributed by atoms with Gasteiger partial charge < -0.3 is 30.1 Å². The van der Waals surface area contributed by atoms with Gasteiger partial charge in [0.1, 0.15) is 6.04 Å². The number of carboxylic acid groups (broad SMARTS) is 1. The summed E-state index contributed by atoms with van der Waals surface area (Å²) in [6.07, 6.45) is 2.32. The number of carbonyl (C=O) groups excluding carboxylic acids is 2. The molecule has 0 aliphatic carbocycles. The van der Waals surface area contributed by atoms with Crippen molar-refractivity contribution < 1.29 is 38.9 Å². The minimum atomic E-state index is -1.04. The van der Waals surface area contributed by atoms with E-state index in [0.29, 0.717) is 31.2 Å². The molecule has 0 fully saturated rings. The van der Waals surface area contributed by atoms with Gasteiger partial charge in [-0.2, -0.15) is 5.12 Å². The smallest absolute Gasteiger partial charge is 0.480 e. The van der Waals surface area contributed by atoms with Crippen molar-refractivity contribution in [1.29, 1.82) is 0 Å². The molecule has 0 bridgehead atoms. The lowest BCUT2D eigenvalue weighted by molar-refractivity contribution is -0.757. The number of carboxylic acids is 1. The van der Waals surface area contributed by atoms with Crippen LogP contribution in [0.4, 0.5) is 4.79 Å². The molecule has 5 N–H and O–H groups in total. The highest BCUT2D eigenvalue weighted by Crippen LogP contribution is 2.25. The number of ether oxygens (including phenoxy) is 2. The van der Waals surface area contributed by atoms with E-state index in [1.54, 1.807) is 26.0 Å². The number of hydrazone groups is 1. The first-order chi connectivity index (χ1) is 21.9. The lowest BCUT2D eigenvalue weighted by Gasteiger charge is -2.32. The molecule has 15 heteroatoms. The number of unbranched alkanes of at least 4 members (excludes halogenated alkanes) is 3. The van der Waals surface area contributed by atoms with Crippen molar-refractivity contribution >= 4 is 23.9 Å². The monoisotopic (exact) mass is 644 g/mol. The van der Waals surface area contributed by atoms with Crippen LogP contribution in [-0.4, -0.2) is 70.1 Å². The van der Waals surface area contributed by atoms with Crippen LogP contribution < -0.4 is 11.6 Å². The molecule has 46 heavy (non-hydrogen) atoms. The highest BCUT2D eigenvalue weighted by Gasteiger charge is 2.32. The number of nitrogens with zero attached hydrogens (tertiary/aromatic N) is 4. The van der Waals surface area contributed by atoms with Gasteiger partial charge in [-0.1, -0.05) is 75.7 Å². The maximum Gasteiger partial charge on any atom is 0.510 e. The van der Waals surface area contributed by atoms with Crippen LogP contribution in [0.5, 0.6) is 0 Å². The normalized spacial score (nSPS) is 11.9. The summed E-state index contributed by atoms with van der Waals surface area (Å²) in [5, 5.41) is 24.1. The van der Waals surface area contributed by atoms with Crippen LogP contribution >= 0.6 is 0 Å². The van der Waals surface area contributed by atoms with E-state index >= 15 is 0 Å². The summed E-state index contributed by atoms with van der Waals surface area (Å²) < 4.78 is 9.88. The second kappa shape index (κ2) is 19.5. The number of rotatable bonds is 20. The number of carbonyl (C=O) groups is 3. The standard InChI is InChI=1S/C31H44N6O9/c1-4-5-13-27(38)35(28(22(2)3)30(39)40)20-23-14-16-24(17-15-23)25-11-7-8-12-26(25)29(32)34-36(33)21-45-31(41)44-18-9-6-10-19-46-37(42)43/h7-8,11-12,14-17,22,28H,4-6,9-10,13,18-21,33H2,1-3H3,(H2,32,34)(H,39,40). The summed E-state index contributed by atoms with van der Waals surface area (Å²) >= 11 is 0.